The minimum atomic E-state index is -0.388. The lowest BCUT2D eigenvalue weighted by Crippen LogP contribution is -2.23. The number of aryl methyl sites for hydroxylation is 1. The second-order valence-corrected chi connectivity index (χ2v) is 6.70. The van der Waals surface area contributed by atoms with E-state index in [0.29, 0.717) is 0 Å². The number of hydrogen-bond acceptors (Lipinski definition) is 2. The van der Waals surface area contributed by atoms with E-state index in [1.54, 1.807) is 6.20 Å². The first kappa shape index (κ1) is 14.9. The van der Waals surface area contributed by atoms with Gasteiger partial charge in [0, 0.05) is 29.0 Å². The lowest BCUT2D eigenvalue weighted by Gasteiger charge is -2.22. The largest absolute Gasteiger partial charge is 0.346 e. The topological polar surface area (TPSA) is 57.8 Å². The number of carbonyl (C=O) groups is 1. The Kier molecular flexibility index (Phi) is 3.19. The molecule has 1 amide bonds. The van der Waals surface area contributed by atoms with Gasteiger partial charge in [0.2, 0.25) is 5.91 Å². The summed E-state index contributed by atoms with van der Waals surface area (Å²) in [6.07, 6.45) is 3.72. The average molecular weight is 339 g/mol. The molecule has 0 radical (unpaired) electrons. The number of fused-ring (bicyclic) bond motifs is 2. The lowest BCUT2D eigenvalue weighted by atomic mass is 9.86. The maximum absolute atomic E-state index is 13.2. The number of nitrogens with one attached hydrogen (secondary N) is 2. The quantitative estimate of drug-likeness (QED) is 0.531. The van der Waals surface area contributed by atoms with Crippen LogP contribution >= 0.6 is 0 Å². The molecule has 3 heterocycles. The number of H-pyrrole nitrogens is 1. The maximum atomic E-state index is 13.2. The number of aromatic nitrogens is 2. The van der Waals surface area contributed by atoms with Gasteiger partial charge in [-0.25, -0.2) is 4.98 Å². The summed E-state index contributed by atoms with van der Waals surface area (Å²) in [5.41, 5.74) is 6.83. The van der Waals surface area contributed by atoms with Crippen LogP contribution in [0.5, 0.6) is 0 Å². The summed E-state index contributed by atoms with van der Waals surface area (Å²) >= 11 is 0. The van der Waals surface area contributed by atoms with Gasteiger partial charge in [0.15, 0.2) is 0 Å². The SMILES string of the molecule is Cc1ccc(C2C(=O)Nc3ccccc3-c3ccnc4[nH]cc2c34)cc1. The Bertz CT molecular complexity index is 1140. The van der Waals surface area contributed by atoms with Crippen LogP contribution in [0.3, 0.4) is 0 Å². The number of anilines is 1. The van der Waals surface area contributed by atoms with E-state index in [9.17, 15) is 4.79 Å². The van der Waals surface area contributed by atoms with E-state index >= 15 is 0 Å². The molecule has 0 bridgehead atoms. The van der Waals surface area contributed by atoms with Crippen molar-refractivity contribution in [2.24, 2.45) is 0 Å². The van der Waals surface area contributed by atoms with Crippen molar-refractivity contribution >= 4 is 22.6 Å². The molecule has 2 aromatic heterocycles. The van der Waals surface area contributed by atoms with E-state index in [0.717, 1.165) is 39.0 Å². The van der Waals surface area contributed by atoms with E-state index in [2.05, 4.69) is 15.3 Å². The van der Waals surface area contributed by atoms with E-state index < -0.39 is 0 Å². The summed E-state index contributed by atoms with van der Waals surface area (Å²) in [6, 6.07) is 18.1. The number of nitrogens with zero attached hydrogens (tertiary/aromatic N) is 1. The van der Waals surface area contributed by atoms with Crippen LogP contribution in [0.15, 0.2) is 67.0 Å². The molecule has 126 valence electrons. The Balaban J connectivity index is 1.85. The van der Waals surface area contributed by atoms with Crippen LogP contribution in [0.25, 0.3) is 22.2 Å². The molecular formula is C22H17N3O. The molecule has 4 nitrogen and oxygen atoms in total. The number of amides is 1. The third-order valence-corrected chi connectivity index (χ3v) is 5.06. The van der Waals surface area contributed by atoms with Gasteiger partial charge in [-0.2, -0.15) is 0 Å². The number of pyridine rings is 1. The minimum Gasteiger partial charge on any atom is -0.346 e. The molecule has 1 atom stereocenters. The molecule has 1 aliphatic heterocycles. The first-order chi connectivity index (χ1) is 12.7. The minimum absolute atomic E-state index is 0.0308. The van der Waals surface area contributed by atoms with Gasteiger partial charge in [-0.05, 0) is 35.7 Å². The van der Waals surface area contributed by atoms with E-state index in [1.807, 2.05) is 67.7 Å². The fraction of sp³-hybridized carbons (Fsp3) is 0.0909. The van der Waals surface area contributed by atoms with Crippen molar-refractivity contribution in [2.45, 2.75) is 12.8 Å². The highest BCUT2D eigenvalue weighted by molar-refractivity contribution is 6.09. The predicted molar refractivity (Wildman–Crippen MR) is 103 cm³/mol. The second kappa shape index (κ2) is 5.56. The average Bonchev–Trinajstić information content (AvgIpc) is 3.07. The first-order valence-electron chi connectivity index (χ1n) is 8.65. The maximum Gasteiger partial charge on any atom is 0.236 e. The van der Waals surface area contributed by atoms with Gasteiger partial charge in [-0.3, -0.25) is 4.79 Å². The molecule has 2 aromatic carbocycles. The smallest absolute Gasteiger partial charge is 0.236 e. The highest BCUT2D eigenvalue weighted by Crippen LogP contribution is 2.41. The van der Waals surface area contributed by atoms with Crippen molar-refractivity contribution in [3.8, 4) is 11.1 Å². The van der Waals surface area contributed by atoms with Gasteiger partial charge in [-0.1, -0.05) is 48.0 Å². The number of rotatable bonds is 1. The van der Waals surface area contributed by atoms with E-state index in [4.69, 9.17) is 0 Å². The van der Waals surface area contributed by atoms with Crippen molar-refractivity contribution in [3.05, 3.63) is 83.7 Å². The van der Waals surface area contributed by atoms with Crippen molar-refractivity contribution in [2.75, 3.05) is 5.32 Å². The molecule has 4 aromatic rings. The van der Waals surface area contributed by atoms with Crippen molar-refractivity contribution in [1.82, 2.24) is 9.97 Å². The number of hydrogen-bond donors (Lipinski definition) is 2. The van der Waals surface area contributed by atoms with E-state index in [-0.39, 0.29) is 11.8 Å². The highest BCUT2D eigenvalue weighted by Gasteiger charge is 2.30. The Morgan fingerprint density at radius 1 is 0.962 bits per heavy atom. The van der Waals surface area contributed by atoms with Crippen LogP contribution < -0.4 is 5.32 Å². The van der Waals surface area contributed by atoms with Crippen LogP contribution in [0.2, 0.25) is 0 Å². The summed E-state index contributed by atoms with van der Waals surface area (Å²) in [5.74, 6) is -0.419. The molecule has 1 aliphatic rings. The molecule has 26 heavy (non-hydrogen) atoms. The van der Waals surface area contributed by atoms with Crippen molar-refractivity contribution in [3.63, 3.8) is 0 Å². The number of benzene rings is 2. The van der Waals surface area contributed by atoms with Gasteiger partial charge in [0.1, 0.15) is 5.65 Å². The highest BCUT2D eigenvalue weighted by atomic mass is 16.1. The standard InChI is InChI=1S/C22H17N3O/c1-13-6-8-14(9-7-13)19-17-12-24-21-20(17)16(10-11-23-21)15-4-2-3-5-18(15)25-22(19)26/h2-12,19H,1H3,(H,23,24)(H,25,26). The normalized spacial score (nSPS) is 15.9. The lowest BCUT2D eigenvalue weighted by molar-refractivity contribution is -0.116. The molecular weight excluding hydrogens is 322 g/mol. The first-order valence-corrected chi connectivity index (χ1v) is 8.65. The summed E-state index contributed by atoms with van der Waals surface area (Å²) in [4.78, 5) is 20.9. The third-order valence-electron chi connectivity index (χ3n) is 5.06. The second-order valence-electron chi connectivity index (χ2n) is 6.70. The molecule has 0 aliphatic carbocycles. The third kappa shape index (κ3) is 2.15. The van der Waals surface area contributed by atoms with Gasteiger partial charge < -0.3 is 10.3 Å². The van der Waals surface area contributed by atoms with Crippen molar-refractivity contribution in [1.29, 1.82) is 0 Å². The molecule has 1 unspecified atom stereocenters. The molecule has 2 N–H and O–H groups in total. The predicted octanol–water partition coefficient (Wildman–Crippen LogP) is 4.62. The zero-order valence-corrected chi connectivity index (χ0v) is 14.3. The fourth-order valence-electron chi connectivity index (χ4n) is 3.80. The Morgan fingerprint density at radius 3 is 2.62 bits per heavy atom. The fourth-order valence-corrected chi connectivity index (χ4v) is 3.80. The number of carbonyl (C=O) groups excluding carboxylic acids is 1. The Hall–Kier alpha value is -3.40. The van der Waals surface area contributed by atoms with Gasteiger partial charge in [-0.15, -0.1) is 0 Å². The van der Waals surface area contributed by atoms with Crippen LogP contribution in [-0.4, -0.2) is 15.9 Å². The van der Waals surface area contributed by atoms with Crippen molar-refractivity contribution < 1.29 is 4.79 Å². The van der Waals surface area contributed by atoms with Gasteiger partial charge >= 0.3 is 0 Å². The number of para-hydroxylation sites is 1. The van der Waals surface area contributed by atoms with Crippen LogP contribution in [-0.2, 0) is 4.79 Å². The molecule has 0 saturated carbocycles. The number of aromatic amines is 1. The molecule has 0 spiro atoms. The molecule has 0 saturated heterocycles. The Labute approximate surface area is 150 Å². The van der Waals surface area contributed by atoms with E-state index in [1.165, 1.54) is 5.56 Å². The van der Waals surface area contributed by atoms with Crippen LogP contribution in [0.1, 0.15) is 22.6 Å². The monoisotopic (exact) mass is 339 g/mol. The van der Waals surface area contributed by atoms with Gasteiger partial charge in [0.05, 0.1) is 5.92 Å². The summed E-state index contributed by atoms with van der Waals surface area (Å²) in [5, 5.41) is 4.14. The summed E-state index contributed by atoms with van der Waals surface area (Å²) in [6.45, 7) is 2.05. The molecule has 5 rings (SSSR count). The molecule has 0 fully saturated rings. The summed E-state index contributed by atoms with van der Waals surface area (Å²) in [7, 11) is 0. The van der Waals surface area contributed by atoms with Crippen LogP contribution in [0.4, 0.5) is 5.69 Å². The zero-order valence-electron chi connectivity index (χ0n) is 14.3. The Morgan fingerprint density at radius 2 is 1.77 bits per heavy atom. The molecule has 4 heteroatoms. The van der Waals surface area contributed by atoms with Crippen LogP contribution in [0, 0.1) is 6.92 Å². The summed E-state index contributed by atoms with van der Waals surface area (Å²) < 4.78 is 0. The van der Waals surface area contributed by atoms with Gasteiger partial charge in [0.25, 0.3) is 0 Å². The zero-order chi connectivity index (χ0) is 17.7.